The molecule has 0 aliphatic rings. The molecule has 3 unspecified atom stereocenters. The Bertz CT molecular complexity index is 1140. The van der Waals surface area contributed by atoms with Gasteiger partial charge in [-0.3, -0.25) is 28.0 Å². The van der Waals surface area contributed by atoms with Gasteiger partial charge >= 0.3 is 19.8 Å². The number of hydrogen-bond donors (Lipinski definition) is 3. The molecular weight excluding hydrogens is 794 g/mol. The summed E-state index contributed by atoms with van der Waals surface area (Å²) in [5.41, 5.74) is 11.4. The number of amides is 1. The van der Waals surface area contributed by atoms with Crippen molar-refractivity contribution in [3.05, 3.63) is 24.3 Å². The fourth-order valence-electron chi connectivity index (χ4n) is 6.72. The molecule has 0 bridgehead atoms. The van der Waals surface area contributed by atoms with E-state index in [0.717, 1.165) is 77.0 Å². The largest absolute Gasteiger partial charge is 0.474 e. The van der Waals surface area contributed by atoms with Crippen LogP contribution in [0.5, 0.6) is 0 Å². The lowest BCUT2D eigenvalue weighted by molar-refractivity contribution is -0.161. The summed E-state index contributed by atoms with van der Waals surface area (Å²) in [4.78, 5) is 37.7. The van der Waals surface area contributed by atoms with Crippen molar-refractivity contribution in [3.63, 3.8) is 0 Å². The number of hydrogen-bond acceptors (Lipinski definition) is 11. The van der Waals surface area contributed by atoms with Gasteiger partial charge in [-0.05, 0) is 83.6 Å². The lowest BCUT2D eigenvalue weighted by Crippen LogP contribution is -2.41. The Morgan fingerprint density at radius 3 is 1.52 bits per heavy atom. The van der Waals surface area contributed by atoms with Gasteiger partial charge in [0.05, 0.1) is 19.3 Å². The van der Waals surface area contributed by atoms with Crippen molar-refractivity contribution in [2.45, 2.75) is 225 Å². The molecule has 0 aliphatic heterocycles. The van der Waals surface area contributed by atoms with Gasteiger partial charge in [0.2, 0.25) is 5.91 Å². The SMILES string of the molecule is CCCCCCCC/C=C\CCCCCCCC(=O)OC(COC(=O)CCCCCCC/C=C/CCCCCCCC)COP(=O)(OC)OCCNC(=O)C(N)CCCCN. The van der Waals surface area contributed by atoms with E-state index >= 15 is 0 Å². The third-order valence-electron chi connectivity index (χ3n) is 10.6. The molecular formula is C48H92N3O9P. The molecule has 0 aromatic rings. The van der Waals surface area contributed by atoms with Crippen LogP contribution in [0.15, 0.2) is 24.3 Å². The van der Waals surface area contributed by atoms with E-state index in [4.69, 9.17) is 34.5 Å². The van der Waals surface area contributed by atoms with E-state index in [9.17, 15) is 18.9 Å². The molecule has 0 fully saturated rings. The normalized spacial score (nSPS) is 13.7. The van der Waals surface area contributed by atoms with Crippen LogP contribution in [-0.4, -0.2) is 70.0 Å². The molecule has 0 spiro atoms. The summed E-state index contributed by atoms with van der Waals surface area (Å²) in [6.45, 7) is 4.27. The van der Waals surface area contributed by atoms with E-state index in [-0.39, 0.29) is 51.1 Å². The van der Waals surface area contributed by atoms with E-state index in [1.54, 1.807) is 0 Å². The smallest absolute Gasteiger partial charge is 0.462 e. The van der Waals surface area contributed by atoms with Crippen LogP contribution >= 0.6 is 7.82 Å². The van der Waals surface area contributed by atoms with Crippen LogP contribution in [0, 0.1) is 0 Å². The first-order chi connectivity index (χ1) is 29.7. The van der Waals surface area contributed by atoms with Gasteiger partial charge in [0.1, 0.15) is 6.61 Å². The summed E-state index contributed by atoms with van der Waals surface area (Å²) in [6.07, 6.45) is 40.9. The number of esters is 2. The summed E-state index contributed by atoms with van der Waals surface area (Å²) in [5.74, 6) is -1.19. The average Bonchev–Trinajstić information content (AvgIpc) is 3.26. The van der Waals surface area contributed by atoms with E-state index < -0.39 is 25.9 Å². The van der Waals surface area contributed by atoms with Gasteiger partial charge < -0.3 is 26.3 Å². The first kappa shape index (κ1) is 58.9. The second kappa shape index (κ2) is 44.5. The highest BCUT2D eigenvalue weighted by atomic mass is 31.2. The van der Waals surface area contributed by atoms with Gasteiger partial charge in [-0.15, -0.1) is 0 Å². The zero-order valence-electron chi connectivity index (χ0n) is 39.2. The van der Waals surface area contributed by atoms with Gasteiger partial charge in [-0.1, -0.05) is 147 Å². The summed E-state index contributed by atoms with van der Waals surface area (Å²) in [5, 5.41) is 2.65. The Balaban J connectivity index is 4.69. The lowest BCUT2D eigenvalue weighted by atomic mass is 10.1. The highest BCUT2D eigenvalue weighted by Gasteiger charge is 2.29. The molecule has 5 N–H and O–H groups in total. The highest BCUT2D eigenvalue weighted by Crippen LogP contribution is 2.48. The number of nitrogens with one attached hydrogen (secondary N) is 1. The monoisotopic (exact) mass is 886 g/mol. The van der Waals surface area contributed by atoms with Crippen LogP contribution in [0.2, 0.25) is 0 Å². The molecule has 0 radical (unpaired) electrons. The minimum atomic E-state index is -4.09. The quantitative estimate of drug-likeness (QED) is 0.0229. The molecule has 0 aliphatic carbocycles. The molecule has 0 aromatic carbocycles. The summed E-state index contributed by atoms with van der Waals surface area (Å²) in [6, 6.07) is -0.682. The second-order valence-corrected chi connectivity index (χ2v) is 18.2. The highest BCUT2D eigenvalue weighted by molar-refractivity contribution is 7.48. The van der Waals surface area contributed by atoms with Crippen molar-refractivity contribution in [2.24, 2.45) is 11.5 Å². The number of ether oxygens (including phenoxy) is 2. The summed E-state index contributed by atoms with van der Waals surface area (Å²) < 4.78 is 40.2. The van der Waals surface area contributed by atoms with Crippen LogP contribution in [0.4, 0.5) is 0 Å². The van der Waals surface area contributed by atoms with E-state index in [0.29, 0.717) is 25.8 Å². The Hall–Kier alpha value is -2.08. The van der Waals surface area contributed by atoms with Gasteiger partial charge in [0.25, 0.3) is 0 Å². The molecule has 358 valence electrons. The molecule has 61 heavy (non-hydrogen) atoms. The summed E-state index contributed by atoms with van der Waals surface area (Å²) in [7, 11) is -2.91. The van der Waals surface area contributed by atoms with Crippen LogP contribution in [0.3, 0.4) is 0 Å². The minimum absolute atomic E-state index is 0.0302. The third kappa shape index (κ3) is 40.4. The molecule has 0 heterocycles. The van der Waals surface area contributed by atoms with Crippen LogP contribution in [0.25, 0.3) is 0 Å². The molecule has 0 aromatic heterocycles. The second-order valence-electron chi connectivity index (χ2n) is 16.4. The van der Waals surface area contributed by atoms with Crippen molar-refractivity contribution in [1.82, 2.24) is 5.32 Å². The lowest BCUT2D eigenvalue weighted by Gasteiger charge is -2.21. The van der Waals surface area contributed by atoms with Gasteiger partial charge in [-0.25, -0.2) is 4.57 Å². The average molecular weight is 886 g/mol. The van der Waals surface area contributed by atoms with E-state index in [1.807, 2.05) is 0 Å². The van der Waals surface area contributed by atoms with Crippen LogP contribution in [-0.2, 0) is 42.0 Å². The number of phosphoric acid groups is 1. The standard InChI is InChI=1S/C48H92N3O9P/c1-4-6-8-10-12-14-16-18-20-22-24-26-28-30-32-37-46(52)57-42-44(43-59-61(55,56-3)58-41-40-51-48(54)45(50)36-34-35-39-49)60-47(53)38-33-31-29-27-25-23-21-19-17-15-13-11-9-7-5-2/h18-21,44-45H,4-17,22-43,49-50H2,1-3H3,(H,51,54)/b20-18+,21-19-. The first-order valence-electron chi connectivity index (χ1n) is 24.5. The number of carbonyl (C=O) groups excluding carboxylic acids is 3. The first-order valence-corrected chi connectivity index (χ1v) is 26.0. The number of allylic oxidation sites excluding steroid dienone is 4. The van der Waals surface area contributed by atoms with Crippen molar-refractivity contribution >= 4 is 25.7 Å². The maximum atomic E-state index is 13.2. The number of phosphoric ester groups is 1. The van der Waals surface area contributed by atoms with Crippen molar-refractivity contribution in [1.29, 1.82) is 0 Å². The van der Waals surface area contributed by atoms with E-state index in [2.05, 4.69) is 43.5 Å². The predicted octanol–water partition coefficient (Wildman–Crippen LogP) is 11.9. The van der Waals surface area contributed by atoms with Crippen molar-refractivity contribution < 1.29 is 42.0 Å². The molecule has 1 amide bonds. The third-order valence-corrected chi connectivity index (χ3v) is 12.0. The topological polar surface area (TPSA) is 179 Å². The number of nitrogens with two attached hydrogens (primary N) is 2. The number of unbranched alkanes of at least 4 members (excludes halogenated alkanes) is 23. The Morgan fingerprint density at radius 2 is 1.05 bits per heavy atom. The van der Waals surface area contributed by atoms with Gasteiger partial charge in [-0.2, -0.15) is 0 Å². The van der Waals surface area contributed by atoms with Crippen LogP contribution < -0.4 is 16.8 Å². The van der Waals surface area contributed by atoms with Crippen molar-refractivity contribution in [2.75, 3.05) is 40.0 Å². The maximum absolute atomic E-state index is 13.2. The molecule has 13 heteroatoms. The molecule has 3 atom stereocenters. The molecule has 0 rings (SSSR count). The molecule has 0 saturated heterocycles. The minimum Gasteiger partial charge on any atom is -0.462 e. The van der Waals surface area contributed by atoms with E-state index in [1.165, 1.54) is 97.0 Å². The predicted molar refractivity (Wildman–Crippen MR) is 250 cm³/mol. The Kier molecular flexibility index (Phi) is 43.0. The molecule has 0 saturated carbocycles. The number of rotatable bonds is 46. The molecule has 12 nitrogen and oxygen atoms in total. The Labute approximate surface area is 372 Å². The van der Waals surface area contributed by atoms with Gasteiger partial charge in [0, 0.05) is 26.5 Å². The Morgan fingerprint density at radius 1 is 0.590 bits per heavy atom. The van der Waals surface area contributed by atoms with Crippen molar-refractivity contribution in [3.8, 4) is 0 Å². The van der Waals surface area contributed by atoms with Gasteiger partial charge in [0.15, 0.2) is 6.10 Å². The van der Waals surface area contributed by atoms with Crippen LogP contribution in [0.1, 0.15) is 213 Å². The zero-order chi connectivity index (χ0) is 44.9. The fraction of sp³-hybridized carbons (Fsp3) is 0.854. The fourth-order valence-corrected chi connectivity index (χ4v) is 7.67. The number of carbonyl (C=O) groups is 3. The summed E-state index contributed by atoms with van der Waals surface area (Å²) >= 11 is 0. The zero-order valence-corrected chi connectivity index (χ0v) is 40.1. The maximum Gasteiger partial charge on any atom is 0.474 e.